The van der Waals surface area contributed by atoms with Gasteiger partial charge in [0.1, 0.15) is 0 Å². The van der Waals surface area contributed by atoms with Crippen LogP contribution in [0.1, 0.15) is 26.7 Å². The molecule has 82 valence electrons. The maximum absolute atomic E-state index is 11.7. The van der Waals surface area contributed by atoms with Crippen LogP contribution in [0, 0.1) is 5.92 Å². The molecule has 1 aliphatic rings. The van der Waals surface area contributed by atoms with Crippen molar-refractivity contribution in [2.45, 2.75) is 38.8 Å². The lowest BCUT2D eigenvalue weighted by molar-refractivity contribution is -0.136. The number of carbonyl (C=O) groups excluding carboxylic acids is 1. The number of carbonyl (C=O) groups is 1. The first kappa shape index (κ1) is 11.5. The lowest BCUT2D eigenvalue weighted by Gasteiger charge is -2.38. The van der Waals surface area contributed by atoms with Crippen LogP contribution in [-0.4, -0.2) is 36.0 Å². The summed E-state index contributed by atoms with van der Waals surface area (Å²) >= 11 is 0. The van der Waals surface area contributed by atoms with Gasteiger partial charge in [-0.25, -0.2) is 0 Å². The van der Waals surface area contributed by atoms with E-state index in [-0.39, 0.29) is 11.9 Å². The minimum atomic E-state index is -0.405. The van der Waals surface area contributed by atoms with E-state index in [1.54, 1.807) is 6.92 Å². The summed E-state index contributed by atoms with van der Waals surface area (Å²) in [7, 11) is 0. The summed E-state index contributed by atoms with van der Waals surface area (Å²) in [6.07, 6.45) is 2.07. The molecule has 2 unspecified atom stereocenters. The molecule has 1 heterocycles. The second-order valence-electron chi connectivity index (χ2n) is 4.34. The van der Waals surface area contributed by atoms with E-state index >= 15 is 0 Å². The van der Waals surface area contributed by atoms with Crippen molar-refractivity contribution in [2.24, 2.45) is 17.4 Å². The molecule has 0 radical (unpaired) electrons. The first-order chi connectivity index (χ1) is 6.56. The van der Waals surface area contributed by atoms with Gasteiger partial charge in [-0.1, -0.05) is 6.92 Å². The zero-order valence-corrected chi connectivity index (χ0v) is 9.07. The van der Waals surface area contributed by atoms with Crippen molar-refractivity contribution in [3.05, 3.63) is 0 Å². The molecule has 1 amide bonds. The molecule has 0 aromatic heterocycles. The maximum Gasteiger partial charge on any atom is 0.239 e. The highest BCUT2D eigenvalue weighted by Crippen LogP contribution is 2.22. The third-order valence-electron chi connectivity index (χ3n) is 2.92. The van der Waals surface area contributed by atoms with Gasteiger partial charge in [0, 0.05) is 19.1 Å². The van der Waals surface area contributed by atoms with E-state index in [1.165, 1.54) is 0 Å². The summed E-state index contributed by atoms with van der Waals surface area (Å²) in [6.45, 7) is 5.29. The molecule has 14 heavy (non-hydrogen) atoms. The van der Waals surface area contributed by atoms with Crippen LogP contribution in [0.4, 0.5) is 0 Å². The zero-order valence-electron chi connectivity index (χ0n) is 9.07. The fourth-order valence-electron chi connectivity index (χ4n) is 2.03. The number of likely N-dealkylation sites (tertiary alicyclic amines) is 1. The summed E-state index contributed by atoms with van der Waals surface area (Å²) in [6, 6.07) is -0.213. The Labute approximate surface area is 85.6 Å². The van der Waals surface area contributed by atoms with Gasteiger partial charge in [-0.3, -0.25) is 4.79 Å². The van der Waals surface area contributed by atoms with Crippen molar-refractivity contribution < 1.29 is 4.79 Å². The number of hydrogen-bond donors (Lipinski definition) is 2. The Morgan fingerprint density at radius 2 is 2.29 bits per heavy atom. The van der Waals surface area contributed by atoms with Crippen molar-refractivity contribution in [3.8, 4) is 0 Å². The fraction of sp³-hybridized carbons (Fsp3) is 0.900. The molecule has 0 saturated carbocycles. The third-order valence-corrected chi connectivity index (χ3v) is 2.92. The van der Waals surface area contributed by atoms with E-state index in [9.17, 15) is 4.79 Å². The molecule has 1 saturated heterocycles. The quantitative estimate of drug-likeness (QED) is 0.653. The molecule has 1 rings (SSSR count). The van der Waals surface area contributed by atoms with E-state index in [4.69, 9.17) is 11.5 Å². The molecule has 1 fully saturated rings. The van der Waals surface area contributed by atoms with E-state index in [0.717, 1.165) is 19.4 Å². The Kier molecular flexibility index (Phi) is 3.89. The Morgan fingerprint density at radius 1 is 1.64 bits per heavy atom. The number of piperidine rings is 1. The normalized spacial score (nSPS) is 30.1. The lowest BCUT2D eigenvalue weighted by Crippen LogP contribution is -2.53. The highest BCUT2D eigenvalue weighted by Gasteiger charge is 2.29. The van der Waals surface area contributed by atoms with Crippen molar-refractivity contribution in [1.82, 2.24) is 4.90 Å². The van der Waals surface area contributed by atoms with Crippen LogP contribution >= 0.6 is 0 Å². The first-order valence-corrected chi connectivity index (χ1v) is 5.32. The highest BCUT2D eigenvalue weighted by molar-refractivity contribution is 5.81. The Balaban J connectivity index is 2.63. The van der Waals surface area contributed by atoms with E-state index in [0.29, 0.717) is 12.5 Å². The zero-order chi connectivity index (χ0) is 10.7. The lowest BCUT2D eigenvalue weighted by atomic mass is 9.92. The molecule has 1 aliphatic heterocycles. The molecule has 0 aliphatic carbocycles. The Hall–Kier alpha value is -0.610. The molecule has 0 bridgehead atoms. The molecular formula is C10H21N3O. The topological polar surface area (TPSA) is 72.3 Å². The van der Waals surface area contributed by atoms with Crippen molar-refractivity contribution >= 4 is 5.91 Å². The fourth-order valence-corrected chi connectivity index (χ4v) is 2.03. The van der Waals surface area contributed by atoms with Gasteiger partial charge in [-0.15, -0.1) is 0 Å². The van der Waals surface area contributed by atoms with Crippen LogP contribution in [0.25, 0.3) is 0 Å². The minimum Gasteiger partial charge on any atom is -0.337 e. The summed E-state index contributed by atoms with van der Waals surface area (Å²) in [5, 5.41) is 0. The van der Waals surface area contributed by atoms with Gasteiger partial charge in [-0.2, -0.15) is 0 Å². The Bertz CT molecular complexity index is 206. The van der Waals surface area contributed by atoms with Gasteiger partial charge in [0.05, 0.1) is 6.04 Å². The number of hydrogen-bond acceptors (Lipinski definition) is 3. The van der Waals surface area contributed by atoms with Crippen molar-refractivity contribution in [2.75, 3.05) is 13.1 Å². The van der Waals surface area contributed by atoms with Crippen molar-refractivity contribution in [3.63, 3.8) is 0 Å². The van der Waals surface area contributed by atoms with Gasteiger partial charge in [0.25, 0.3) is 0 Å². The van der Waals surface area contributed by atoms with E-state index in [2.05, 4.69) is 6.92 Å². The van der Waals surface area contributed by atoms with Crippen LogP contribution in [0.15, 0.2) is 0 Å². The number of nitrogens with two attached hydrogens (primary N) is 2. The van der Waals surface area contributed by atoms with Gasteiger partial charge >= 0.3 is 0 Å². The van der Waals surface area contributed by atoms with Gasteiger partial charge in [-0.05, 0) is 25.7 Å². The molecule has 4 nitrogen and oxygen atoms in total. The standard InChI is InChI=1S/C10H21N3O/c1-7-3-4-13(9(5-7)6-11)10(14)8(2)12/h7-9H,3-6,11-12H2,1-2H3/t7?,8-,9?/m0/s1. The van der Waals surface area contributed by atoms with Gasteiger partial charge in [0.15, 0.2) is 0 Å². The number of nitrogens with zero attached hydrogens (tertiary/aromatic N) is 1. The highest BCUT2D eigenvalue weighted by atomic mass is 16.2. The largest absolute Gasteiger partial charge is 0.337 e. The molecule has 4 N–H and O–H groups in total. The molecular weight excluding hydrogens is 178 g/mol. The smallest absolute Gasteiger partial charge is 0.239 e. The van der Waals surface area contributed by atoms with E-state index < -0.39 is 6.04 Å². The average molecular weight is 199 g/mol. The van der Waals surface area contributed by atoms with Gasteiger partial charge < -0.3 is 16.4 Å². The predicted octanol–water partition coefficient (Wildman–Crippen LogP) is -0.0806. The van der Waals surface area contributed by atoms with Crippen LogP contribution in [-0.2, 0) is 4.79 Å². The Morgan fingerprint density at radius 3 is 2.79 bits per heavy atom. The number of rotatable bonds is 2. The third kappa shape index (κ3) is 2.45. The second-order valence-corrected chi connectivity index (χ2v) is 4.34. The summed E-state index contributed by atoms with van der Waals surface area (Å²) in [4.78, 5) is 13.6. The molecule has 3 atom stereocenters. The first-order valence-electron chi connectivity index (χ1n) is 5.32. The summed E-state index contributed by atoms with van der Waals surface area (Å²) < 4.78 is 0. The van der Waals surface area contributed by atoms with Crippen LogP contribution in [0.2, 0.25) is 0 Å². The SMILES string of the molecule is CC1CCN(C(=O)[C@H](C)N)C(CN)C1. The average Bonchev–Trinajstić information content (AvgIpc) is 2.16. The van der Waals surface area contributed by atoms with Crippen LogP contribution in [0.5, 0.6) is 0 Å². The molecule has 0 aromatic carbocycles. The molecule has 4 heteroatoms. The minimum absolute atomic E-state index is 0.0346. The predicted molar refractivity (Wildman–Crippen MR) is 56.6 cm³/mol. The summed E-state index contributed by atoms with van der Waals surface area (Å²) in [5.74, 6) is 0.702. The van der Waals surface area contributed by atoms with Crippen molar-refractivity contribution in [1.29, 1.82) is 0 Å². The summed E-state index contributed by atoms with van der Waals surface area (Å²) in [5.41, 5.74) is 11.2. The second kappa shape index (κ2) is 4.75. The van der Waals surface area contributed by atoms with E-state index in [1.807, 2.05) is 4.90 Å². The van der Waals surface area contributed by atoms with Crippen LogP contribution in [0.3, 0.4) is 0 Å². The monoisotopic (exact) mass is 199 g/mol. The van der Waals surface area contributed by atoms with Crippen LogP contribution < -0.4 is 11.5 Å². The number of amides is 1. The molecule has 0 spiro atoms. The molecule has 0 aromatic rings. The maximum atomic E-state index is 11.7. The van der Waals surface area contributed by atoms with Gasteiger partial charge in [0.2, 0.25) is 5.91 Å².